The molecule has 0 saturated heterocycles. The van der Waals surface area contributed by atoms with Gasteiger partial charge >= 0.3 is 0 Å². The Morgan fingerprint density at radius 3 is 1.72 bits per heavy atom. The lowest BCUT2D eigenvalue weighted by Crippen LogP contribution is -2.03. The summed E-state index contributed by atoms with van der Waals surface area (Å²) in [6.45, 7) is 0. The Morgan fingerprint density at radius 1 is 0.512 bits per heavy atom. The number of benzene rings is 5. The highest BCUT2D eigenvalue weighted by Crippen LogP contribution is 2.41. The van der Waals surface area contributed by atoms with E-state index in [2.05, 4.69) is 75.9 Å². The summed E-state index contributed by atoms with van der Waals surface area (Å²) in [6.07, 6.45) is 0. The first-order valence-electron chi connectivity index (χ1n) is 13.9. The maximum Gasteiger partial charge on any atom is 0.155 e. The lowest BCUT2D eigenvalue weighted by molar-refractivity contribution is 0.667. The average Bonchev–Trinajstić information content (AvgIpc) is 3.71. The van der Waals surface area contributed by atoms with Crippen molar-refractivity contribution in [3.63, 3.8) is 0 Å². The molecule has 0 amide bonds. The second-order valence-electron chi connectivity index (χ2n) is 10.6. The Morgan fingerprint density at radius 2 is 1.07 bits per heavy atom. The predicted molar refractivity (Wildman–Crippen MR) is 170 cm³/mol. The molecule has 43 heavy (non-hydrogen) atoms. The molecule has 0 atom stereocenters. The Bertz CT molecular complexity index is 2660. The van der Waals surface area contributed by atoms with Gasteiger partial charge in [-0.25, -0.2) is 4.98 Å². The van der Waals surface area contributed by atoms with Crippen molar-refractivity contribution >= 4 is 65.6 Å². The molecule has 0 bridgehead atoms. The molecule has 0 aliphatic rings. The number of hydrogen-bond acceptors (Lipinski definition) is 4. The van der Waals surface area contributed by atoms with Crippen LogP contribution in [0.4, 0.5) is 0 Å². The second kappa shape index (κ2) is 8.57. The van der Waals surface area contributed by atoms with Crippen molar-refractivity contribution in [3.05, 3.63) is 126 Å². The Labute approximate surface area is 244 Å². The number of para-hydroxylation sites is 4. The normalized spacial score (nSPS) is 11.7. The third kappa shape index (κ3) is 3.07. The van der Waals surface area contributed by atoms with Gasteiger partial charge in [-0.05, 0) is 42.5 Å². The van der Waals surface area contributed by atoms with E-state index in [9.17, 15) is 10.5 Å². The lowest BCUT2D eigenvalue weighted by Gasteiger charge is -2.12. The molecule has 0 N–H and O–H groups in total. The van der Waals surface area contributed by atoms with Crippen LogP contribution < -0.4 is 0 Å². The number of fused-ring (bicyclic) bond motifs is 9. The molecule has 0 radical (unpaired) electrons. The van der Waals surface area contributed by atoms with Crippen LogP contribution in [0.15, 0.2) is 120 Å². The van der Waals surface area contributed by atoms with Gasteiger partial charge in [0.1, 0.15) is 29.3 Å². The number of pyridine rings is 1. The molecule has 4 heterocycles. The zero-order valence-electron chi connectivity index (χ0n) is 22.6. The van der Waals surface area contributed by atoms with Crippen molar-refractivity contribution in [2.75, 3.05) is 0 Å². The van der Waals surface area contributed by atoms with Crippen molar-refractivity contribution in [1.82, 2.24) is 14.1 Å². The average molecular weight is 550 g/mol. The molecule has 4 aromatic heterocycles. The van der Waals surface area contributed by atoms with Crippen molar-refractivity contribution in [1.29, 1.82) is 10.5 Å². The van der Waals surface area contributed by atoms with Gasteiger partial charge in [-0.2, -0.15) is 10.5 Å². The van der Waals surface area contributed by atoms with Gasteiger partial charge in [-0.3, -0.25) is 9.13 Å². The second-order valence-corrected chi connectivity index (χ2v) is 10.6. The number of hydrogen-bond donors (Lipinski definition) is 0. The van der Waals surface area contributed by atoms with E-state index in [1.807, 2.05) is 54.6 Å². The zero-order chi connectivity index (χ0) is 28.7. The highest BCUT2D eigenvalue weighted by Gasteiger charge is 2.23. The maximum absolute atomic E-state index is 10.6. The van der Waals surface area contributed by atoms with E-state index in [4.69, 9.17) is 9.40 Å². The van der Waals surface area contributed by atoms with Gasteiger partial charge in [0.25, 0.3) is 0 Å². The van der Waals surface area contributed by atoms with Crippen LogP contribution in [-0.2, 0) is 0 Å². The lowest BCUT2D eigenvalue weighted by atomic mass is 10.0. The van der Waals surface area contributed by atoms with Crippen LogP contribution in [0.5, 0.6) is 0 Å². The molecule has 6 heteroatoms. The minimum absolute atomic E-state index is 0.410. The minimum atomic E-state index is 0.410. The topological polar surface area (TPSA) is 83.5 Å². The molecular formula is C37H19N5O. The molecule has 198 valence electrons. The molecule has 0 saturated carbocycles. The molecule has 0 aliphatic carbocycles. The summed E-state index contributed by atoms with van der Waals surface area (Å²) in [6, 6.07) is 43.1. The van der Waals surface area contributed by atoms with Gasteiger partial charge in [0.05, 0.1) is 27.6 Å². The first-order valence-corrected chi connectivity index (χ1v) is 13.9. The van der Waals surface area contributed by atoms with Crippen LogP contribution in [-0.4, -0.2) is 14.1 Å². The first-order chi connectivity index (χ1) is 21.3. The summed E-state index contributed by atoms with van der Waals surface area (Å²) in [7, 11) is 0. The summed E-state index contributed by atoms with van der Waals surface area (Å²) in [5, 5.41) is 26.2. The zero-order valence-corrected chi connectivity index (χ0v) is 22.6. The summed E-state index contributed by atoms with van der Waals surface area (Å²) >= 11 is 0. The molecule has 9 rings (SSSR count). The van der Waals surface area contributed by atoms with Gasteiger partial charge in [0, 0.05) is 32.3 Å². The number of nitriles is 2. The fourth-order valence-electron chi connectivity index (χ4n) is 6.64. The Balaban J connectivity index is 1.40. The smallest absolute Gasteiger partial charge is 0.155 e. The molecule has 5 aromatic carbocycles. The maximum atomic E-state index is 10.6. The molecule has 0 unspecified atom stereocenters. The van der Waals surface area contributed by atoms with Crippen molar-refractivity contribution < 1.29 is 4.42 Å². The first kappa shape index (κ1) is 23.3. The van der Waals surface area contributed by atoms with Gasteiger partial charge in [0.15, 0.2) is 11.2 Å². The minimum Gasteiger partial charge on any atom is -0.453 e. The van der Waals surface area contributed by atoms with E-state index in [-0.39, 0.29) is 0 Å². The standard InChI is InChI=1S/C37H19N5O/c38-20-22-9-7-13-26-28-19-27-25-12-3-6-16-32(25)42(35(27)29(21-39)37(28)43-36(22)26)34-18-8-17-33(40-34)41-30-14-4-1-10-23(30)24-11-2-5-15-31(24)41/h1-19H. The van der Waals surface area contributed by atoms with E-state index < -0.39 is 0 Å². The van der Waals surface area contributed by atoms with Crippen LogP contribution in [0.3, 0.4) is 0 Å². The Kier molecular flexibility index (Phi) is 4.65. The van der Waals surface area contributed by atoms with Crippen LogP contribution in [0.1, 0.15) is 11.1 Å². The van der Waals surface area contributed by atoms with Gasteiger partial charge in [0.2, 0.25) is 0 Å². The summed E-state index contributed by atoms with van der Waals surface area (Å²) in [5.41, 5.74) is 5.62. The van der Waals surface area contributed by atoms with Crippen LogP contribution >= 0.6 is 0 Å². The largest absolute Gasteiger partial charge is 0.453 e. The predicted octanol–water partition coefficient (Wildman–Crippen LogP) is 8.92. The number of aromatic nitrogens is 3. The highest BCUT2D eigenvalue weighted by atomic mass is 16.3. The van der Waals surface area contributed by atoms with Crippen LogP contribution in [0.25, 0.3) is 77.2 Å². The van der Waals surface area contributed by atoms with E-state index in [0.717, 1.165) is 60.2 Å². The molecule has 0 spiro atoms. The molecular weight excluding hydrogens is 530 g/mol. The molecule has 0 fully saturated rings. The molecule has 0 aliphatic heterocycles. The molecule has 9 aromatic rings. The van der Waals surface area contributed by atoms with E-state index in [1.165, 1.54) is 0 Å². The number of rotatable bonds is 2. The number of furan rings is 1. The fraction of sp³-hybridized carbons (Fsp3) is 0. The van der Waals surface area contributed by atoms with Crippen LogP contribution in [0.2, 0.25) is 0 Å². The van der Waals surface area contributed by atoms with Crippen molar-refractivity contribution in [2.45, 2.75) is 0 Å². The van der Waals surface area contributed by atoms with E-state index in [0.29, 0.717) is 28.1 Å². The number of nitrogens with zero attached hydrogens (tertiary/aromatic N) is 5. The van der Waals surface area contributed by atoms with Gasteiger partial charge < -0.3 is 4.42 Å². The third-order valence-electron chi connectivity index (χ3n) is 8.41. The van der Waals surface area contributed by atoms with E-state index >= 15 is 0 Å². The third-order valence-corrected chi connectivity index (χ3v) is 8.41. The quantitative estimate of drug-likeness (QED) is 0.215. The fourth-order valence-corrected chi connectivity index (χ4v) is 6.64. The van der Waals surface area contributed by atoms with Gasteiger partial charge in [-0.15, -0.1) is 0 Å². The highest BCUT2D eigenvalue weighted by molar-refractivity contribution is 6.20. The summed E-state index contributed by atoms with van der Waals surface area (Å²) in [5.74, 6) is 1.47. The van der Waals surface area contributed by atoms with Crippen molar-refractivity contribution in [2.24, 2.45) is 0 Å². The molecule has 6 nitrogen and oxygen atoms in total. The SMILES string of the molecule is N#Cc1cccc2c1oc1c(C#N)c3c(cc12)c1ccccc1n3-c1cccc(-n2c3ccccc3c3ccccc32)n1. The van der Waals surface area contributed by atoms with Crippen molar-refractivity contribution in [3.8, 4) is 23.8 Å². The van der Waals surface area contributed by atoms with Gasteiger partial charge in [-0.1, -0.05) is 72.8 Å². The van der Waals surface area contributed by atoms with E-state index in [1.54, 1.807) is 6.07 Å². The summed E-state index contributed by atoms with van der Waals surface area (Å²) in [4.78, 5) is 5.23. The Hall–Kier alpha value is -6.37. The monoisotopic (exact) mass is 549 g/mol. The van der Waals surface area contributed by atoms with Crippen LogP contribution in [0, 0.1) is 22.7 Å². The summed E-state index contributed by atoms with van der Waals surface area (Å²) < 4.78 is 10.5.